The predicted molar refractivity (Wildman–Crippen MR) is 102 cm³/mol. The lowest BCUT2D eigenvalue weighted by Gasteiger charge is -2.14. The quantitative estimate of drug-likeness (QED) is 0.559. The first-order chi connectivity index (χ1) is 12.5. The van der Waals surface area contributed by atoms with Crippen molar-refractivity contribution < 1.29 is 14.3 Å². The summed E-state index contributed by atoms with van der Waals surface area (Å²) in [5, 5.41) is 0. The average molecular weight is 345 g/mol. The minimum absolute atomic E-state index is 0.167. The van der Waals surface area contributed by atoms with Gasteiger partial charge in [-0.1, -0.05) is 60.2 Å². The highest BCUT2D eigenvalue weighted by atomic mass is 16.5. The van der Waals surface area contributed by atoms with Crippen molar-refractivity contribution in [2.24, 2.45) is 0 Å². The molecule has 3 aromatic rings. The van der Waals surface area contributed by atoms with Gasteiger partial charge in [0.25, 0.3) is 0 Å². The number of methoxy groups -OCH3 is 1. The van der Waals surface area contributed by atoms with Crippen molar-refractivity contribution in [3.63, 3.8) is 0 Å². The Morgan fingerprint density at radius 2 is 1.42 bits per heavy atom. The van der Waals surface area contributed by atoms with Gasteiger partial charge >= 0.3 is 0 Å². The number of carbonyl (C=O) groups excluding carboxylic acids is 2. The van der Waals surface area contributed by atoms with Crippen LogP contribution >= 0.6 is 0 Å². The van der Waals surface area contributed by atoms with Crippen molar-refractivity contribution in [2.45, 2.75) is 6.92 Å². The van der Waals surface area contributed by atoms with Crippen LogP contribution in [0.4, 0.5) is 5.69 Å². The van der Waals surface area contributed by atoms with Gasteiger partial charge in [-0.05, 0) is 19.1 Å². The van der Waals surface area contributed by atoms with Crippen molar-refractivity contribution in [3.8, 4) is 5.75 Å². The lowest BCUT2D eigenvalue weighted by molar-refractivity contribution is 0.100. The average Bonchev–Trinajstić information content (AvgIpc) is 2.68. The Balaban J connectivity index is 2.17. The summed E-state index contributed by atoms with van der Waals surface area (Å²) < 4.78 is 5.24. The van der Waals surface area contributed by atoms with E-state index in [9.17, 15) is 9.59 Å². The van der Waals surface area contributed by atoms with Gasteiger partial charge in [-0.25, -0.2) is 0 Å². The molecule has 3 rings (SSSR count). The van der Waals surface area contributed by atoms with Gasteiger partial charge in [-0.3, -0.25) is 9.59 Å². The zero-order valence-corrected chi connectivity index (χ0v) is 14.7. The molecule has 0 radical (unpaired) electrons. The van der Waals surface area contributed by atoms with Crippen LogP contribution in [0.25, 0.3) is 0 Å². The van der Waals surface area contributed by atoms with E-state index in [-0.39, 0.29) is 28.4 Å². The van der Waals surface area contributed by atoms with Gasteiger partial charge in [0.1, 0.15) is 5.75 Å². The molecule has 2 N–H and O–H groups in total. The minimum atomic E-state index is -0.305. The molecule has 0 aliphatic heterocycles. The maximum atomic E-state index is 13.1. The van der Waals surface area contributed by atoms with Gasteiger partial charge in [0.05, 0.1) is 18.4 Å². The third kappa shape index (κ3) is 3.22. The fourth-order valence-corrected chi connectivity index (χ4v) is 2.81. The number of aryl methyl sites for hydroxylation is 1. The standard InChI is InChI=1S/C22H19NO3/c1-14-8-10-16(11-9-14)22(25)19-17(12-13-18(26-2)20(19)23)21(24)15-6-4-3-5-7-15/h3-13H,23H2,1-2H3. The number of benzene rings is 3. The number of ketones is 2. The van der Waals surface area contributed by atoms with Crippen LogP contribution in [0, 0.1) is 6.92 Å². The maximum absolute atomic E-state index is 13.1. The smallest absolute Gasteiger partial charge is 0.195 e. The van der Waals surface area contributed by atoms with Crippen molar-refractivity contribution in [1.29, 1.82) is 0 Å². The molecule has 3 aromatic carbocycles. The van der Waals surface area contributed by atoms with Crippen LogP contribution in [-0.4, -0.2) is 18.7 Å². The second-order valence-electron chi connectivity index (χ2n) is 5.99. The normalized spacial score (nSPS) is 10.4. The number of anilines is 1. The highest BCUT2D eigenvalue weighted by molar-refractivity contribution is 6.22. The third-order valence-electron chi connectivity index (χ3n) is 4.25. The number of nitrogen functional groups attached to an aromatic ring is 1. The number of hydrogen-bond donors (Lipinski definition) is 1. The summed E-state index contributed by atoms with van der Waals surface area (Å²) in [7, 11) is 1.48. The molecular weight excluding hydrogens is 326 g/mol. The van der Waals surface area contributed by atoms with Crippen molar-refractivity contribution in [2.75, 3.05) is 12.8 Å². The minimum Gasteiger partial charge on any atom is -0.495 e. The van der Waals surface area contributed by atoms with E-state index in [0.717, 1.165) is 5.56 Å². The monoisotopic (exact) mass is 345 g/mol. The summed E-state index contributed by atoms with van der Waals surface area (Å²) in [5.41, 5.74) is 8.79. The largest absolute Gasteiger partial charge is 0.495 e. The van der Waals surface area contributed by atoms with Gasteiger partial charge in [0, 0.05) is 16.7 Å². The van der Waals surface area contributed by atoms with Gasteiger partial charge in [0.2, 0.25) is 0 Å². The SMILES string of the molecule is COc1ccc(C(=O)c2ccccc2)c(C(=O)c2ccc(C)cc2)c1N. The molecule has 26 heavy (non-hydrogen) atoms. The van der Waals surface area contributed by atoms with Crippen LogP contribution in [0.5, 0.6) is 5.75 Å². The molecule has 0 spiro atoms. The van der Waals surface area contributed by atoms with Crippen molar-refractivity contribution in [1.82, 2.24) is 0 Å². The second kappa shape index (κ2) is 7.23. The molecule has 0 unspecified atom stereocenters. The van der Waals surface area contributed by atoms with E-state index in [1.807, 2.05) is 25.1 Å². The first-order valence-electron chi connectivity index (χ1n) is 8.20. The van der Waals surface area contributed by atoms with Crippen LogP contribution < -0.4 is 10.5 Å². The highest BCUT2D eigenvalue weighted by Crippen LogP contribution is 2.31. The Labute approximate surface area is 152 Å². The van der Waals surface area contributed by atoms with Crippen LogP contribution in [0.2, 0.25) is 0 Å². The van der Waals surface area contributed by atoms with E-state index in [1.54, 1.807) is 48.5 Å². The first-order valence-corrected chi connectivity index (χ1v) is 8.20. The van der Waals surface area contributed by atoms with Crippen LogP contribution in [0.15, 0.2) is 66.7 Å². The number of rotatable bonds is 5. The Hall–Kier alpha value is -3.40. The second-order valence-corrected chi connectivity index (χ2v) is 5.99. The Morgan fingerprint density at radius 1 is 0.808 bits per heavy atom. The van der Waals surface area contributed by atoms with Crippen LogP contribution in [0.3, 0.4) is 0 Å². The number of nitrogens with two attached hydrogens (primary N) is 1. The zero-order valence-electron chi connectivity index (χ0n) is 14.7. The summed E-state index contributed by atoms with van der Waals surface area (Å²) in [6.45, 7) is 1.94. The molecule has 0 aromatic heterocycles. The van der Waals surface area contributed by atoms with E-state index in [1.165, 1.54) is 7.11 Å². The molecule has 0 heterocycles. The number of ether oxygens (including phenoxy) is 1. The Morgan fingerprint density at radius 3 is 2.04 bits per heavy atom. The highest BCUT2D eigenvalue weighted by Gasteiger charge is 2.24. The van der Waals surface area contributed by atoms with Crippen molar-refractivity contribution in [3.05, 3.63) is 94.5 Å². The molecule has 0 bridgehead atoms. The summed E-state index contributed by atoms with van der Waals surface area (Å²) in [4.78, 5) is 26.1. The Kier molecular flexibility index (Phi) is 4.85. The van der Waals surface area contributed by atoms with Gasteiger partial charge in [-0.15, -0.1) is 0 Å². The molecular formula is C22H19NO3. The predicted octanol–water partition coefficient (Wildman–Crippen LogP) is 4.05. The maximum Gasteiger partial charge on any atom is 0.195 e. The molecule has 0 fully saturated rings. The lowest BCUT2D eigenvalue weighted by Crippen LogP contribution is -2.14. The van der Waals surface area contributed by atoms with Crippen molar-refractivity contribution >= 4 is 17.3 Å². The molecule has 130 valence electrons. The number of hydrogen-bond acceptors (Lipinski definition) is 4. The van der Waals surface area contributed by atoms with Crippen LogP contribution in [0.1, 0.15) is 37.4 Å². The first kappa shape index (κ1) is 17.4. The lowest BCUT2D eigenvalue weighted by atomic mass is 9.91. The molecule has 0 aliphatic rings. The summed E-state index contributed by atoms with van der Waals surface area (Å²) in [6.07, 6.45) is 0. The molecule has 0 aliphatic carbocycles. The molecule has 0 saturated carbocycles. The molecule has 0 amide bonds. The van der Waals surface area contributed by atoms with E-state index in [2.05, 4.69) is 0 Å². The molecule has 4 heteroatoms. The summed E-state index contributed by atoms with van der Waals surface area (Å²) >= 11 is 0. The van der Waals surface area contributed by atoms with E-state index in [0.29, 0.717) is 16.9 Å². The molecule has 4 nitrogen and oxygen atoms in total. The zero-order chi connectivity index (χ0) is 18.7. The van der Waals surface area contributed by atoms with Gasteiger partial charge in [0.15, 0.2) is 11.6 Å². The number of carbonyl (C=O) groups is 2. The van der Waals surface area contributed by atoms with Gasteiger partial charge in [-0.2, -0.15) is 0 Å². The summed E-state index contributed by atoms with van der Waals surface area (Å²) in [6, 6.07) is 19.2. The van der Waals surface area contributed by atoms with Crippen LogP contribution in [-0.2, 0) is 0 Å². The Bertz CT molecular complexity index is 961. The van der Waals surface area contributed by atoms with E-state index >= 15 is 0 Å². The topological polar surface area (TPSA) is 69.4 Å². The van der Waals surface area contributed by atoms with Gasteiger partial charge < -0.3 is 10.5 Å². The molecule has 0 saturated heterocycles. The fourth-order valence-electron chi connectivity index (χ4n) is 2.81. The summed E-state index contributed by atoms with van der Waals surface area (Å²) in [5.74, 6) is -0.193. The molecule has 0 atom stereocenters. The van der Waals surface area contributed by atoms with E-state index < -0.39 is 0 Å². The third-order valence-corrected chi connectivity index (χ3v) is 4.25. The fraction of sp³-hybridized carbons (Fsp3) is 0.0909. The van der Waals surface area contributed by atoms with E-state index in [4.69, 9.17) is 10.5 Å².